The van der Waals surface area contributed by atoms with Gasteiger partial charge in [0.1, 0.15) is 5.69 Å². The van der Waals surface area contributed by atoms with Crippen molar-refractivity contribution in [3.63, 3.8) is 0 Å². The van der Waals surface area contributed by atoms with Crippen LogP contribution in [0.3, 0.4) is 0 Å². The first-order valence-electron chi connectivity index (χ1n) is 9.75. The van der Waals surface area contributed by atoms with Gasteiger partial charge < -0.3 is 15.2 Å². The first-order valence-corrected chi connectivity index (χ1v) is 9.75. The van der Waals surface area contributed by atoms with Crippen LogP contribution in [-0.2, 0) is 6.42 Å². The minimum Gasteiger partial charge on any atom is -0.370 e. The Morgan fingerprint density at radius 3 is 2.81 bits per heavy atom. The predicted octanol–water partition coefficient (Wildman–Crippen LogP) is 3.77. The van der Waals surface area contributed by atoms with Gasteiger partial charge in [-0.05, 0) is 48.9 Å². The van der Waals surface area contributed by atoms with E-state index in [0.29, 0.717) is 12.2 Å². The van der Waals surface area contributed by atoms with Crippen molar-refractivity contribution in [3.8, 4) is 0 Å². The molecule has 2 N–H and O–H groups in total. The number of nitrogens with zero attached hydrogens (tertiary/aromatic N) is 2. The van der Waals surface area contributed by atoms with Gasteiger partial charge in [-0.2, -0.15) is 0 Å². The zero-order valence-corrected chi connectivity index (χ0v) is 15.7. The molecule has 2 aromatic heterocycles. The Hall–Kier alpha value is -2.82. The van der Waals surface area contributed by atoms with Crippen LogP contribution in [0.15, 0.2) is 48.8 Å². The fourth-order valence-electron chi connectivity index (χ4n) is 3.71. The highest BCUT2D eigenvalue weighted by molar-refractivity contribution is 5.92. The van der Waals surface area contributed by atoms with Gasteiger partial charge in [-0.3, -0.25) is 4.79 Å². The Kier molecular flexibility index (Phi) is 5.10. The van der Waals surface area contributed by atoms with E-state index in [1.165, 1.54) is 23.8 Å². The van der Waals surface area contributed by atoms with E-state index < -0.39 is 0 Å². The second kappa shape index (κ2) is 7.82. The minimum atomic E-state index is -0.117. The third kappa shape index (κ3) is 3.97. The standard InChI is InChI=1S/C22H26N4O/c1-16-9-12-26(13-10-16)18-6-7-21(25-15-18)22(27)23-11-8-17-14-24-20-5-3-2-4-19(17)20/h2-7,14-16,24H,8-13H2,1H3,(H,23,27). The molecule has 0 bridgehead atoms. The maximum absolute atomic E-state index is 12.4. The van der Waals surface area contributed by atoms with Crippen molar-refractivity contribution in [1.29, 1.82) is 0 Å². The number of benzene rings is 1. The van der Waals surface area contributed by atoms with E-state index in [0.717, 1.165) is 36.6 Å². The van der Waals surface area contributed by atoms with Crippen molar-refractivity contribution in [2.24, 2.45) is 5.92 Å². The molecule has 0 atom stereocenters. The lowest BCUT2D eigenvalue weighted by Crippen LogP contribution is -2.33. The van der Waals surface area contributed by atoms with Gasteiger partial charge in [0, 0.05) is 36.7 Å². The molecule has 0 radical (unpaired) electrons. The van der Waals surface area contributed by atoms with Crippen molar-refractivity contribution in [2.45, 2.75) is 26.2 Å². The summed E-state index contributed by atoms with van der Waals surface area (Å²) in [7, 11) is 0. The van der Waals surface area contributed by atoms with E-state index in [1.54, 1.807) is 0 Å². The monoisotopic (exact) mass is 362 g/mol. The van der Waals surface area contributed by atoms with Crippen LogP contribution in [0.4, 0.5) is 5.69 Å². The molecule has 3 heterocycles. The number of carbonyl (C=O) groups is 1. The van der Waals surface area contributed by atoms with Gasteiger partial charge in [-0.15, -0.1) is 0 Å². The van der Waals surface area contributed by atoms with Gasteiger partial charge in [0.05, 0.1) is 11.9 Å². The Bertz CT molecular complexity index is 907. The van der Waals surface area contributed by atoms with Crippen molar-refractivity contribution in [1.82, 2.24) is 15.3 Å². The fraction of sp³-hybridized carbons (Fsp3) is 0.364. The Morgan fingerprint density at radius 2 is 2.04 bits per heavy atom. The molecule has 0 spiro atoms. The highest BCUT2D eigenvalue weighted by atomic mass is 16.1. The lowest BCUT2D eigenvalue weighted by Gasteiger charge is -2.31. The molecule has 1 amide bonds. The van der Waals surface area contributed by atoms with Gasteiger partial charge in [-0.25, -0.2) is 4.98 Å². The van der Waals surface area contributed by atoms with Crippen LogP contribution in [0.1, 0.15) is 35.8 Å². The largest absolute Gasteiger partial charge is 0.370 e. The lowest BCUT2D eigenvalue weighted by molar-refractivity contribution is 0.0949. The maximum atomic E-state index is 12.4. The first kappa shape index (κ1) is 17.6. The molecule has 0 saturated carbocycles. The molecule has 0 unspecified atom stereocenters. The second-order valence-electron chi connectivity index (χ2n) is 7.44. The number of H-pyrrole nitrogens is 1. The maximum Gasteiger partial charge on any atom is 0.269 e. The molecule has 0 aliphatic carbocycles. The van der Waals surface area contributed by atoms with Crippen molar-refractivity contribution in [2.75, 3.05) is 24.5 Å². The van der Waals surface area contributed by atoms with E-state index in [2.05, 4.69) is 39.2 Å². The molecule has 1 aromatic carbocycles. The third-order valence-corrected chi connectivity index (χ3v) is 5.48. The van der Waals surface area contributed by atoms with E-state index in [-0.39, 0.29) is 5.91 Å². The lowest BCUT2D eigenvalue weighted by atomic mass is 9.99. The number of amides is 1. The summed E-state index contributed by atoms with van der Waals surface area (Å²) in [6.07, 6.45) is 7.07. The van der Waals surface area contributed by atoms with Crippen LogP contribution < -0.4 is 10.2 Å². The number of para-hydroxylation sites is 1. The number of piperidine rings is 1. The number of hydrogen-bond donors (Lipinski definition) is 2. The summed E-state index contributed by atoms with van der Waals surface area (Å²) in [6.45, 7) is 5.03. The number of hydrogen-bond acceptors (Lipinski definition) is 3. The van der Waals surface area contributed by atoms with Crippen LogP contribution >= 0.6 is 0 Å². The summed E-state index contributed by atoms with van der Waals surface area (Å²) in [5.41, 5.74) is 3.93. The number of aromatic amines is 1. The Morgan fingerprint density at radius 1 is 1.22 bits per heavy atom. The molecule has 1 fully saturated rings. The summed E-state index contributed by atoms with van der Waals surface area (Å²) in [6, 6.07) is 12.1. The summed E-state index contributed by atoms with van der Waals surface area (Å²) in [5.74, 6) is 0.685. The number of nitrogens with one attached hydrogen (secondary N) is 2. The molecule has 140 valence electrons. The van der Waals surface area contributed by atoms with Gasteiger partial charge in [-0.1, -0.05) is 25.1 Å². The van der Waals surface area contributed by atoms with Gasteiger partial charge in [0.25, 0.3) is 5.91 Å². The predicted molar refractivity (Wildman–Crippen MR) is 109 cm³/mol. The van der Waals surface area contributed by atoms with Crippen molar-refractivity contribution < 1.29 is 4.79 Å². The number of anilines is 1. The van der Waals surface area contributed by atoms with E-state index in [9.17, 15) is 4.79 Å². The topological polar surface area (TPSA) is 61.0 Å². The van der Waals surface area contributed by atoms with E-state index in [4.69, 9.17) is 0 Å². The zero-order valence-electron chi connectivity index (χ0n) is 15.7. The quantitative estimate of drug-likeness (QED) is 0.726. The molecule has 1 aliphatic rings. The van der Waals surface area contributed by atoms with Crippen molar-refractivity contribution >= 4 is 22.5 Å². The molecule has 5 nitrogen and oxygen atoms in total. The normalized spacial score (nSPS) is 15.2. The Balaban J connectivity index is 1.32. The Labute approximate surface area is 159 Å². The van der Waals surface area contributed by atoms with Crippen LogP contribution in [0.2, 0.25) is 0 Å². The summed E-state index contributed by atoms with van der Waals surface area (Å²) >= 11 is 0. The number of carbonyl (C=O) groups excluding carboxylic acids is 1. The molecular weight excluding hydrogens is 336 g/mol. The van der Waals surface area contributed by atoms with E-state index in [1.807, 2.05) is 36.7 Å². The highest BCUT2D eigenvalue weighted by Crippen LogP contribution is 2.22. The minimum absolute atomic E-state index is 0.117. The van der Waals surface area contributed by atoms with Gasteiger partial charge >= 0.3 is 0 Å². The van der Waals surface area contributed by atoms with Crippen molar-refractivity contribution in [3.05, 3.63) is 60.0 Å². The molecule has 1 saturated heterocycles. The average molecular weight is 362 g/mol. The SMILES string of the molecule is CC1CCN(c2ccc(C(=O)NCCc3c[nH]c4ccccc34)nc2)CC1. The number of aromatic nitrogens is 2. The zero-order chi connectivity index (χ0) is 18.6. The van der Waals surface area contributed by atoms with Crippen LogP contribution in [0, 0.1) is 5.92 Å². The molecule has 5 heteroatoms. The first-order chi connectivity index (χ1) is 13.2. The molecule has 27 heavy (non-hydrogen) atoms. The molecule has 4 rings (SSSR count). The van der Waals surface area contributed by atoms with Crippen LogP contribution in [0.25, 0.3) is 10.9 Å². The molecular formula is C22H26N4O. The fourth-order valence-corrected chi connectivity index (χ4v) is 3.71. The summed E-state index contributed by atoms with van der Waals surface area (Å²) in [5, 5.41) is 4.19. The number of fused-ring (bicyclic) bond motifs is 1. The second-order valence-corrected chi connectivity index (χ2v) is 7.44. The van der Waals surface area contributed by atoms with Crippen LogP contribution in [0.5, 0.6) is 0 Å². The van der Waals surface area contributed by atoms with E-state index >= 15 is 0 Å². The molecule has 1 aliphatic heterocycles. The van der Waals surface area contributed by atoms with Gasteiger partial charge in [0.2, 0.25) is 0 Å². The number of rotatable bonds is 5. The van der Waals surface area contributed by atoms with Crippen LogP contribution in [-0.4, -0.2) is 35.5 Å². The highest BCUT2D eigenvalue weighted by Gasteiger charge is 2.17. The number of pyridine rings is 1. The average Bonchev–Trinajstić information content (AvgIpc) is 3.12. The smallest absolute Gasteiger partial charge is 0.269 e. The van der Waals surface area contributed by atoms with Gasteiger partial charge in [0.15, 0.2) is 0 Å². The molecule has 3 aromatic rings. The summed E-state index contributed by atoms with van der Waals surface area (Å²) < 4.78 is 0. The summed E-state index contributed by atoms with van der Waals surface area (Å²) in [4.78, 5) is 22.4. The third-order valence-electron chi connectivity index (χ3n) is 5.48.